The molecule has 2 rings (SSSR count). The summed E-state index contributed by atoms with van der Waals surface area (Å²) in [6.45, 7) is 2.08. The summed E-state index contributed by atoms with van der Waals surface area (Å²) in [4.78, 5) is 4.27. The number of aryl methyl sites for hydroxylation is 2. The summed E-state index contributed by atoms with van der Waals surface area (Å²) in [5.74, 6) is 0.841. The van der Waals surface area contributed by atoms with Crippen molar-refractivity contribution in [2.24, 2.45) is 12.8 Å². The number of nitrogens with zero attached hydrogens (tertiary/aromatic N) is 2. The lowest BCUT2D eigenvalue weighted by Crippen LogP contribution is -2.13. The van der Waals surface area contributed by atoms with E-state index in [1.54, 1.807) is 18.0 Å². The van der Waals surface area contributed by atoms with Gasteiger partial charge in [0.1, 0.15) is 0 Å². The zero-order valence-electron chi connectivity index (χ0n) is 10.1. The number of hydrogen-bond acceptors (Lipinski definition) is 3. The molecule has 1 aromatic heterocycles. The van der Waals surface area contributed by atoms with E-state index in [-0.39, 0.29) is 6.04 Å². The molecule has 17 heavy (non-hydrogen) atoms. The van der Waals surface area contributed by atoms with Gasteiger partial charge < -0.3 is 10.3 Å². The van der Waals surface area contributed by atoms with Crippen LogP contribution in [0.2, 0.25) is 0 Å². The van der Waals surface area contributed by atoms with Gasteiger partial charge in [-0.15, -0.1) is 0 Å². The van der Waals surface area contributed by atoms with Crippen molar-refractivity contribution >= 4 is 11.8 Å². The molecule has 1 unspecified atom stereocenters. The average Bonchev–Trinajstić information content (AvgIpc) is 2.73. The Kier molecular flexibility index (Phi) is 3.86. The van der Waals surface area contributed by atoms with Crippen LogP contribution in [0, 0.1) is 6.92 Å². The van der Waals surface area contributed by atoms with Crippen molar-refractivity contribution in [2.75, 3.05) is 5.75 Å². The van der Waals surface area contributed by atoms with Gasteiger partial charge in [0.2, 0.25) is 0 Å². The molecule has 0 spiro atoms. The van der Waals surface area contributed by atoms with Crippen LogP contribution < -0.4 is 5.73 Å². The normalized spacial score (nSPS) is 12.6. The maximum Gasteiger partial charge on any atom is 0.167 e. The quantitative estimate of drug-likeness (QED) is 0.844. The van der Waals surface area contributed by atoms with Crippen molar-refractivity contribution < 1.29 is 0 Å². The lowest BCUT2D eigenvalue weighted by atomic mass is 10.1. The molecule has 1 aromatic carbocycles. The highest BCUT2D eigenvalue weighted by atomic mass is 32.2. The van der Waals surface area contributed by atoms with E-state index in [9.17, 15) is 0 Å². The topological polar surface area (TPSA) is 43.8 Å². The van der Waals surface area contributed by atoms with E-state index in [2.05, 4.69) is 36.2 Å². The standard InChI is InChI=1S/C13H17N3S/c1-10-3-5-11(6-4-10)12(14)9-17-13-15-7-8-16(13)2/h3-8,12H,9,14H2,1-2H3. The third-order valence-electron chi connectivity index (χ3n) is 2.67. The molecule has 4 heteroatoms. The number of nitrogens with two attached hydrogens (primary N) is 1. The Morgan fingerprint density at radius 1 is 1.35 bits per heavy atom. The molecule has 0 radical (unpaired) electrons. The highest BCUT2D eigenvalue weighted by molar-refractivity contribution is 7.99. The Hall–Kier alpha value is -1.26. The number of imidazole rings is 1. The van der Waals surface area contributed by atoms with Crippen LogP contribution in [0.4, 0.5) is 0 Å². The zero-order valence-corrected chi connectivity index (χ0v) is 10.9. The van der Waals surface area contributed by atoms with Crippen molar-refractivity contribution in [1.82, 2.24) is 9.55 Å². The number of hydrogen-bond donors (Lipinski definition) is 1. The first-order valence-corrected chi connectivity index (χ1v) is 6.57. The van der Waals surface area contributed by atoms with Gasteiger partial charge in [0.25, 0.3) is 0 Å². The van der Waals surface area contributed by atoms with Crippen molar-refractivity contribution in [2.45, 2.75) is 18.1 Å². The minimum Gasteiger partial charge on any atom is -0.329 e. The van der Waals surface area contributed by atoms with E-state index >= 15 is 0 Å². The Bertz CT molecular complexity index is 476. The summed E-state index contributed by atoms with van der Waals surface area (Å²) >= 11 is 1.69. The first kappa shape index (κ1) is 12.2. The lowest BCUT2D eigenvalue weighted by molar-refractivity contribution is 0.779. The molecule has 0 amide bonds. The van der Waals surface area contributed by atoms with Crippen molar-refractivity contribution in [1.29, 1.82) is 0 Å². The predicted octanol–water partition coefficient (Wildman–Crippen LogP) is 2.52. The van der Waals surface area contributed by atoms with Crippen molar-refractivity contribution in [3.63, 3.8) is 0 Å². The summed E-state index contributed by atoms with van der Waals surface area (Å²) in [6, 6.07) is 8.44. The van der Waals surface area contributed by atoms with E-state index in [0.29, 0.717) is 0 Å². The van der Waals surface area contributed by atoms with Gasteiger partial charge >= 0.3 is 0 Å². The molecule has 0 aliphatic heterocycles. The molecule has 0 aliphatic carbocycles. The monoisotopic (exact) mass is 247 g/mol. The van der Waals surface area contributed by atoms with Crippen molar-refractivity contribution in [3.8, 4) is 0 Å². The molecule has 0 aliphatic rings. The van der Waals surface area contributed by atoms with E-state index in [1.165, 1.54) is 11.1 Å². The molecular weight excluding hydrogens is 230 g/mol. The van der Waals surface area contributed by atoms with Crippen molar-refractivity contribution in [3.05, 3.63) is 47.8 Å². The Morgan fingerprint density at radius 2 is 2.06 bits per heavy atom. The molecule has 2 N–H and O–H groups in total. The maximum absolute atomic E-state index is 6.15. The number of aromatic nitrogens is 2. The second-order valence-electron chi connectivity index (χ2n) is 4.15. The fraction of sp³-hybridized carbons (Fsp3) is 0.308. The summed E-state index contributed by atoms with van der Waals surface area (Å²) in [7, 11) is 1.99. The Balaban J connectivity index is 1.95. The Morgan fingerprint density at radius 3 is 2.65 bits per heavy atom. The van der Waals surface area contributed by atoms with Gasteiger partial charge in [-0.3, -0.25) is 0 Å². The summed E-state index contributed by atoms with van der Waals surface area (Å²) < 4.78 is 2.01. The van der Waals surface area contributed by atoms with Crippen LogP contribution in [0.3, 0.4) is 0 Å². The molecule has 1 heterocycles. The molecule has 2 aromatic rings. The molecule has 0 bridgehead atoms. The van der Waals surface area contributed by atoms with Gasteiger partial charge in [-0.2, -0.15) is 0 Å². The second-order valence-corrected chi connectivity index (χ2v) is 5.14. The van der Waals surface area contributed by atoms with Crippen LogP contribution in [0.15, 0.2) is 41.8 Å². The number of rotatable bonds is 4. The SMILES string of the molecule is Cc1ccc(C(N)CSc2nccn2C)cc1. The van der Waals surface area contributed by atoms with Crippen LogP contribution in [0.5, 0.6) is 0 Å². The van der Waals surface area contributed by atoms with Crippen LogP contribution in [-0.4, -0.2) is 15.3 Å². The highest BCUT2D eigenvalue weighted by Crippen LogP contribution is 2.21. The highest BCUT2D eigenvalue weighted by Gasteiger charge is 2.08. The van der Waals surface area contributed by atoms with Gasteiger partial charge in [0.15, 0.2) is 5.16 Å². The van der Waals surface area contributed by atoms with Crippen LogP contribution in [0.25, 0.3) is 0 Å². The summed E-state index contributed by atoms with van der Waals surface area (Å²) in [5.41, 5.74) is 8.59. The lowest BCUT2D eigenvalue weighted by Gasteiger charge is -2.11. The Labute approximate surface area is 106 Å². The molecule has 1 atom stereocenters. The number of benzene rings is 1. The molecule has 0 fully saturated rings. The van der Waals surface area contributed by atoms with Crippen LogP contribution >= 0.6 is 11.8 Å². The number of thioether (sulfide) groups is 1. The summed E-state index contributed by atoms with van der Waals surface area (Å²) in [6.07, 6.45) is 3.75. The average molecular weight is 247 g/mol. The second kappa shape index (κ2) is 5.38. The third kappa shape index (κ3) is 3.11. The molecule has 3 nitrogen and oxygen atoms in total. The fourth-order valence-corrected chi connectivity index (χ4v) is 2.49. The third-order valence-corrected chi connectivity index (χ3v) is 3.85. The van der Waals surface area contributed by atoms with Gasteiger partial charge in [-0.25, -0.2) is 4.98 Å². The zero-order chi connectivity index (χ0) is 12.3. The smallest absolute Gasteiger partial charge is 0.167 e. The minimum absolute atomic E-state index is 0.0531. The van der Waals surface area contributed by atoms with Gasteiger partial charge in [0, 0.05) is 31.2 Å². The van der Waals surface area contributed by atoms with E-state index in [0.717, 1.165) is 10.9 Å². The molecular formula is C13H17N3S. The van der Waals surface area contributed by atoms with E-state index < -0.39 is 0 Å². The van der Waals surface area contributed by atoms with E-state index in [4.69, 9.17) is 5.73 Å². The van der Waals surface area contributed by atoms with Gasteiger partial charge in [-0.1, -0.05) is 41.6 Å². The van der Waals surface area contributed by atoms with E-state index in [1.807, 2.05) is 17.8 Å². The van der Waals surface area contributed by atoms with Crippen LogP contribution in [-0.2, 0) is 7.05 Å². The van der Waals surface area contributed by atoms with Crippen LogP contribution in [0.1, 0.15) is 17.2 Å². The molecule has 0 saturated heterocycles. The predicted molar refractivity (Wildman–Crippen MR) is 72.0 cm³/mol. The fourth-order valence-electron chi connectivity index (χ4n) is 1.57. The van der Waals surface area contributed by atoms with Gasteiger partial charge in [0.05, 0.1) is 0 Å². The largest absolute Gasteiger partial charge is 0.329 e. The van der Waals surface area contributed by atoms with Gasteiger partial charge in [-0.05, 0) is 12.5 Å². The molecule has 90 valence electrons. The minimum atomic E-state index is 0.0531. The maximum atomic E-state index is 6.15. The molecule has 0 saturated carbocycles. The first-order chi connectivity index (χ1) is 8.16. The summed E-state index contributed by atoms with van der Waals surface area (Å²) in [5, 5.41) is 1.01. The first-order valence-electron chi connectivity index (χ1n) is 5.59.